The molecule has 18 heavy (non-hydrogen) atoms. The molecule has 0 aliphatic carbocycles. The molecule has 1 aliphatic rings. The minimum absolute atomic E-state index is 0.465. The molecule has 0 saturated carbocycles. The molecule has 0 amide bonds. The topological polar surface area (TPSA) is 54.8 Å². The van der Waals surface area contributed by atoms with Crippen molar-refractivity contribution in [2.45, 2.75) is 25.7 Å². The van der Waals surface area contributed by atoms with E-state index >= 15 is 0 Å². The average molecular weight is 261 g/mol. The Morgan fingerprint density at radius 3 is 3.11 bits per heavy atom. The lowest BCUT2D eigenvalue weighted by atomic mass is 10.1. The van der Waals surface area contributed by atoms with Crippen LogP contribution in [0, 0.1) is 0 Å². The second-order valence-electron chi connectivity index (χ2n) is 4.41. The van der Waals surface area contributed by atoms with Gasteiger partial charge in [-0.1, -0.05) is 6.92 Å². The zero-order valence-electron chi connectivity index (χ0n) is 10.3. The van der Waals surface area contributed by atoms with E-state index in [1.165, 1.54) is 11.5 Å². The molecule has 0 aromatic carbocycles. The van der Waals surface area contributed by atoms with Gasteiger partial charge in [0.15, 0.2) is 0 Å². The lowest BCUT2D eigenvalue weighted by Crippen LogP contribution is -2.19. The zero-order valence-corrected chi connectivity index (χ0v) is 11.1. The van der Waals surface area contributed by atoms with Crippen LogP contribution in [-0.4, -0.2) is 32.4 Å². The van der Waals surface area contributed by atoms with Crippen molar-refractivity contribution in [3.63, 3.8) is 0 Å². The first-order valence-corrected chi connectivity index (χ1v) is 6.97. The Morgan fingerprint density at radius 1 is 1.44 bits per heavy atom. The van der Waals surface area contributed by atoms with Gasteiger partial charge in [0, 0.05) is 55.6 Å². The fourth-order valence-corrected chi connectivity index (χ4v) is 3.00. The number of aromatic nitrogens is 4. The molecule has 1 unspecified atom stereocenters. The molecule has 0 N–H and O–H groups in total. The maximum Gasteiger partial charge on any atom is 0.205 e. The summed E-state index contributed by atoms with van der Waals surface area (Å²) in [5.41, 5.74) is 1.08. The van der Waals surface area contributed by atoms with Crippen LogP contribution in [0.5, 0.6) is 0 Å². The Kier molecular flexibility index (Phi) is 3.19. The first-order chi connectivity index (χ1) is 8.86. The molecular formula is C12H15N5S. The van der Waals surface area contributed by atoms with E-state index < -0.39 is 0 Å². The molecule has 1 atom stereocenters. The van der Waals surface area contributed by atoms with Crippen molar-refractivity contribution in [3.8, 4) is 0 Å². The van der Waals surface area contributed by atoms with Crippen LogP contribution in [0.2, 0.25) is 0 Å². The maximum atomic E-state index is 4.54. The van der Waals surface area contributed by atoms with E-state index in [2.05, 4.69) is 31.1 Å². The Bertz CT molecular complexity index is 512. The largest absolute Gasteiger partial charge is 0.346 e. The maximum absolute atomic E-state index is 4.54. The molecule has 1 fully saturated rings. The van der Waals surface area contributed by atoms with Crippen molar-refractivity contribution >= 4 is 16.7 Å². The molecule has 0 radical (unpaired) electrons. The lowest BCUT2D eigenvalue weighted by Gasteiger charge is -2.13. The molecule has 6 heteroatoms. The number of nitrogens with zero attached hydrogens (tertiary/aromatic N) is 5. The van der Waals surface area contributed by atoms with Gasteiger partial charge in [-0.25, -0.2) is 4.98 Å². The van der Waals surface area contributed by atoms with Gasteiger partial charge in [-0.15, -0.1) is 0 Å². The van der Waals surface area contributed by atoms with Gasteiger partial charge in [0.05, 0.1) is 5.69 Å². The first kappa shape index (κ1) is 11.5. The van der Waals surface area contributed by atoms with E-state index in [4.69, 9.17) is 0 Å². The highest BCUT2D eigenvalue weighted by Gasteiger charge is 2.27. The summed E-state index contributed by atoms with van der Waals surface area (Å²) < 4.78 is 4.34. The van der Waals surface area contributed by atoms with E-state index in [0.717, 1.165) is 42.6 Å². The third-order valence-corrected chi connectivity index (χ3v) is 4.05. The Hall–Kier alpha value is -1.56. The lowest BCUT2D eigenvalue weighted by molar-refractivity contribution is 0.737. The van der Waals surface area contributed by atoms with E-state index in [9.17, 15) is 0 Å². The molecule has 0 bridgehead atoms. The number of hydrogen-bond donors (Lipinski definition) is 0. The van der Waals surface area contributed by atoms with Crippen LogP contribution >= 0.6 is 11.5 Å². The first-order valence-electron chi connectivity index (χ1n) is 6.20. The molecule has 1 aliphatic heterocycles. The molecule has 94 valence electrons. The van der Waals surface area contributed by atoms with Gasteiger partial charge in [0.1, 0.15) is 5.82 Å². The highest BCUT2D eigenvalue weighted by Crippen LogP contribution is 2.30. The summed E-state index contributed by atoms with van der Waals surface area (Å²) in [7, 11) is 0. The number of hydrogen-bond acceptors (Lipinski definition) is 6. The predicted octanol–water partition coefficient (Wildman–Crippen LogP) is 1.88. The predicted molar refractivity (Wildman–Crippen MR) is 70.9 cm³/mol. The van der Waals surface area contributed by atoms with Crippen LogP contribution in [0.25, 0.3) is 0 Å². The molecule has 1 saturated heterocycles. The monoisotopic (exact) mass is 261 g/mol. The van der Waals surface area contributed by atoms with Gasteiger partial charge in [-0.2, -0.15) is 4.37 Å². The van der Waals surface area contributed by atoms with Crippen molar-refractivity contribution in [1.82, 2.24) is 19.3 Å². The highest BCUT2D eigenvalue weighted by molar-refractivity contribution is 7.09. The second-order valence-corrected chi connectivity index (χ2v) is 5.14. The van der Waals surface area contributed by atoms with Crippen molar-refractivity contribution in [2.24, 2.45) is 0 Å². The smallest absolute Gasteiger partial charge is 0.205 e. The van der Waals surface area contributed by atoms with Crippen LogP contribution < -0.4 is 4.90 Å². The summed E-state index contributed by atoms with van der Waals surface area (Å²) in [6, 6.07) is 0. The minimum Gasteiger partial charge on any atom is -0.346 e. The van der Waals surface area contributed by atoms with Gasteiger partial charge in [-0.3, -0.25) is 9.97 Å². The van der Waals surface area contributed by atoms with Crippen molar-refractivity contribution in [3.05, 3.63) is 30.1 Å². The molecule has 3 rings (SSSR count). The number of rotatable bonds is 3. The van der Waals surface area contributed by atoms with E-state index in [1.54, 1.807) is 12.4 Å². The molecule has 5 nitrogen and oxygen atoms in total. The van der Waals surface area contributed by atoms with Crippen LogP contribution in [0.1, 0.15) is 30.8 Å². The number of aryl methyl sites for hydroxylation is 1. The van der Waals surface area contributed by atoms with Gasteiger partial charge in [0.25, 0.3) is 0 Å². The summed E-state index contributed by atoms with van der Waals surface area (Å²) >= 11 is 1.50. The molecular weight excluding hydrogens is 246 g/mol. The third kappa shape index (κ3) is 2.20. The summed E-state index contributed by atoms with van der Waals surface area (Å²) in [6.45, 7) is 4.08. The zero-order chi connectivity index (χ0) is 12.4. The van der Waals surface area contributed by atoms with Crippen LogP contribution in [0.3, 0.4) is 0 Å². The molecule has 0 spiro atoms. The van der Waals surface area contributed by atoms with E-state index in [1.807, 2.05) is 6.20 Å². The van der Waals surface area contributed by atoms with Crippen molar-refractivity contribution < 1.29 is 0 Å². The fraction of sp³-hybridized carbons (Fsp3) is 0.500. The Labute approximate surface area is 110 Å². The van der Waals surface area contributed by atoms with Crippen LogP contribution in [-0.2, 0) is 6.42 Å². The Morgan fingerprint density at radius 2 is 2.39 bits per heavy atom. The Balaban J connectivity index is 1.72. The standard InChI is InChI=1S/C12H15N5S/c1-2-11-15-12(18-16-11)17-6-3-9(8-17)10-7-13-4-5-14-10/h4-5,7,9H,2-3,6,8H2,1H3. The number of anilines is 1. The molecule has 3 heterocycles. The summed E-state index contributed by atoms with van der Waals surface area (Å²) in [5, 5.41) is 1.04. The van der Waals surface area contributed by atoms with Gasteiger partial charge >= 0.3 is 0 Å². The fourth-order valence-electron chi connectivity index (χ4n) is 2.21. The summed E-state index contributed by atoms with van der Waals surface area (Å²) in [4.78, 5) is 15.4. The highest BCUT2D eigenvalue weighted by atomic mass is 32.1. The van der Waals surface area contributed by atoms with Gasteiger partial charge in [-0.05, 0) is 6.42 Å². The van der Waals surface area contributed by atoms with Crippen LogP contribution in [0.15, 0.2) is 18.6 Å². The third-order valence-electron chi connectivity index (χ3n) is 3.23. The van der Waals surface area contributed by atoms with Crippen molar-refractivity contribution in [1.29, 1.82) is 0 Å². The second kappa shape index (κ2) is 4.97. The van der Waals surface area contributed by atoms with E-state index in [0.29, 0.717) is 5.92 Å². The van der Waals surface area contributed by atoms with Gasteiger partial charge in [0.2, 0.25) is 5.13 Å². The van der Waals surface area contributed by atoms with Crippen molar-refractivity contribution in [2.75, 3.05) is 18.0 Å². The quantitative estimate of drug-likeness (QED) is 0.844. The SMILES string of the molecule is CCc1nsc(N2CCC(c3cnccn3)C2)n1. The normalized spacial score (nSPS) is 19.4. The summed E-state index contributed by atoms with van der Waals surface area (Å²) in [6.07, 6.45) is 7.36. The molecule has 2 aromatic heterocycles. The molecule has 2 aromatic rings. The van der Waals surface area contributed by atoms with Gasteiger partial charge < -0.3 is 4.90 Å². The van der Waals surface area contributed by atoms with E-state index in [-0.39, 0.29) is 0 Å². The summed E-state index contributed by atoms with van der Waals surface area (Å²) in [5.74, 6) is 1.41. The minimum atomic E-state index is 0.465. The van der Waals surface area contributed by atoms with Crippen LogP contribution in [0.4, 0.5) is 5.13 Å². The average Bonchev–Trinajstić information content (AvgIpc) is 3.08.